The summed E-state index contributed by atoms with van der Waals surface area (Å²) in [6.07, 6.45) is 2.96. The van der Waals surface area contributed by atoms with Crippen molar-refractivity contribution in [2.45, 2.75) is 33.4 Å². The molecule has 1 aromatic heterocycles. The van der Waals surface area contributed by atoms with Crippen LogP contribution in [0.4, 0.5) is 0 Å². The molecule has 0 saturated heterocycles. The summed E-state index contributed by atoms with van der Waals surface area (Å²) in [7, 11) is 0. The van der Waals surface area contributed by atoms with E-state index in [1.165, 1.54) is 5.56 Å². The molecule has 0 radical (unpaired) electrons. The van der Waals surface area contributed by atoms with Gasteiger partial charge >= 0.3 is 0 Å². The van der Waals surface area contributed by atoms with Crippen molar-refractivity contribution in [2.75, 3.05) is 6.54 Å². The van der Waals surface area contributed by atoms with Gasteiger partial charge in [0.05, 0.1) is 5.69 Å². The van der Waals surface area contributed by atoms with Gasteiger partial charge in [-0.2, -0.15) is 0 Å². The highest BCUT2D eigenvalue weighted by atomic mass is 16.5. The molecule has 0 aliphatic rings. The minimum Gasteiger partial charge on any atom is -0.487 e. The highest BCUT2D eigenvalue weighted by Crippen LogP contribution is 2.14. The van der Waals surface area contributed by atoms with Crippen LogP contribution >= 0.6 is 0 Å². The lowest BCUT2D eigenvalue weighted by molar-refractivity contribution is 0.300. The number of benzene rings is 1. The molecule has 0 bridgehead atoms. The van der Waals surface area contributed by atoms with E-state index >= 15 is 0 Å². The van der Waals surface area contributed by atoms with Crippen molar-refractivity contribution in [1.29, 1.82) is 0 Å². The van der Waals surface area contributed by atoms with Gasteiger partial charge < -0.3 is 10.1 Å². The topological polar surface area (TPSA) is 34.1 Å². The highest BCUT2D eigenvalue weighted by molar-refractivity contribution is 5.27. The zero-order valence-corrected chi connectivity index (χ0v) is 12.2. The van der Waals surface area contributed by atoms with E-state index in [2.05, 4.69) is 29.4 Å². The summed E-state index contributed by atoms with van der Waals surface area (Å²) in [5.41, 5.74) is 3.42. The second-order valence-electron chi connectivity index (χ2n) is 4.88. The normalized spacial score (nSPS) is 10.5. The van der Waals surface area contributed by atoms with Gasteiger partial charge in [-0.3, -0.25) is 4.98 Å². The SMILES string of the molecule is CCCNCc1ccc(OCc2ncccc2C)cc1. The van der Waals surface area contributed by atoms with Gasteiger partial charge in [0.2, 0.25) is 0 Å². The molecule has 1 heterocycles. The van der Waals surface area contributed by atoms with Crippen molar-refractivity contribution in [2.24, 2.45) is 0 Å². The third-order valence-electron chi connectivity index (χ3n) is 3.17. The molecule has 0 amide bonds. The van der Waals surface area contributed by atoms with Crippen LogP contribution in [-0.4, -0.2) is 11.5 Å². The Morgan fingerprint density at radius 1 is 1.15 bits per heavy atom. The van der Waals surface area contributed by atoms with Crippen molar-refractivity contribution in [3.63, 3.8) is 0 Å². The van der Waals surface area contributed by atoms with E-state index in [1.807, 2.05) is 31.2 Å². The van der Waals surface area contributed by atoms with E-state index < -0.39 is 0 Å². The van der Waals surface area contributed by atoms with Crippen molar-refractivity contribution in [1.82, 2.24) is 10.3 Å². The van der Waals surface area contributed by atoms with Crippen molar-refractivity contribution < 1.29 is 4.74 Å². The number of nitrogens with zero attached hydrogens (tertiary/aromatic N) is 1. The molecule has 106 valence electrons. The predicted octanol–water partition coefficient (Wildman–Crippen LogP) is 3.47. The van der Waals surface area contributed by atoms with Crippen LogP contribution in [0.15, 0.2) is 42.6 Å². The summed E-state index contributed by atoms with van der Waals surface area (Å²) in [5.74, 6) is 0.884. The molecular weight excluding hydrogens is 248 g/mol. The Kier molecular flexibility index (Phi) is 5.56. The number of pyridine rings is 1. The molecule has 2 rings (SSSR count). The maximum atomic E-state index is 5.77. The smallest absolute Gasteiger partial charge is 0.130 e. The van der Waals surface area contributed by atoms with Gasteiger partial charge in [0.25, 0.3) is 0 Å². The van der Waals surface area contributed by atoms with Crippen molar-refractivity contribution in [3.05, 3.63) is 59.4 Å². The maximum absolute atomic E-state index is 5.77. The molecule has 1 N–H and O–H groups in total. The first-order valence-electron chi connectivity index (χ1n) is 7.12. The minimum absolute atomic E-state index is 0.514. The summed E-state index contributed by atoms with van der Waals surface area (Å²) >= 11 is 0. The molecule has 20 heavy (non-hydrogen) atoms. The standard InChI is InChI=1S/C17H22N2O/c1-3-10-18-12-15-6-8-16(9-7-15)20-13-17-14(2)5-4-11-19-17/h4-9,11,18H,3,10,12-13H2,1-2H3. The molecule has 0 saturated carbocycles. The molecule has 2 aromatic rings. The van der Waals surface area contributed by atoms with Gasteiger partial charge in [-0.1, -0.05) is 25.1 Å². The second-order valence-corrected chi connectivity index (χ2v) is 4.88. The van der Waals surface area contributed by atoms with Crippen LogP contribution in [0.3, 0.4) is 0 Å². The third kappa shape index (κ3) is 4.35. The third-order valence-corrected chi connectivity index (χ3v) is 3.17. The number of rotatable bonds is 7. The van der Waals surface area contributed by atoms with Gasteiger partial charge in [-0.15, -0.1) is 0 Å². The largest absolute Gasteiger partial charge is 0.487 e. The summed E-state index contributed by atoms with van der Waals surface area (Å²) in [5, 5.41) is 3.39. The molecule has 0 fully saturated rings. The average molecular weight is 270 g/mol. The molecule has 0 unspecified atom stereocenters. The molecule has 0 atom stereocenters. The maximum Gasteiger partial charge on any atom is 0.130 e. The molecular formula is C17H22N2O. The fourth-order valence-electron chi connectivity index (χ4n) is 1.93. The Hall–Kier alpha value is -1.87. The fourth-order valence-corrected chi connectivity index (χ4v) is 1.93. The summed E-state index contributed by atoms with van der Waals surface area (Å²) < 4.78 is 5.77. The Labute approximate surface area is 121 Å². The molecule has 0 aliphatic heterocycles. The van der Waals surface area contributed by atoms with Crippen LogP contribution in [0.5, 0.6) is 5.75 Å². The molecule has 3 heteroatoms. The van der Waals surface area contributed by atoms with Crippen molar-refractivity contribution >= 4 is 0 Å². The molecule has 1 aromatic carbocycles. The number of nitrogens with one attached hydrogen (secondary N) is 1. The van der Waals surface area contributed by atoms with Crippen LogP contribution in [0, 0.1) is 6.92 Å². The van der Waals surface area contributed by atoms with Crippen LogP contribution < -0.4 is 10.1 Å². The first-order valence-corrected chi connectivity index (χ1v) is 7.12. The quantitative estimate of drug-likeness (QED) is 0.782. The second kappa shape index (κ2) is 7.65. The molecule has 3 nitrogen and oxygen atoms in total. The Balaban J connectivity index is 1.86. The average Bonchev–Trinajstić information content (AvgIpc) is 2.48. The van der Waals surface area contributed by atoms with Gasteiger partial charge in [-0.05, 0) is 49.2 Å². The van der Waals surface area contributed by atoms with Gasteiger partial charge in [0.15, 0.2) is 0 Å². The first-order chi connectivity index (χ1) is 9.79. The van der Waals surface area contributed by atoms with Crippen LogP contribution in [-0.2, 0) is 13.2 Å². The lowest BCUT2D eigenvalue weighted by Crippen LogP contribution is -2.13. The lowest BCUT2D eigenvalue weighted by Gasteiger charge is -2.09. The highest BCUT2D eigenvalue weighted by Gasteiger charge is 2.00. The summed E-state index contributed by atoms with van der Waals surface area (Å²) in [4.78, 5) is 4.33. The van der Waals surface area contributed by atoms with Gasteiger partial charge in [0, 0.05) is 12.7 Å². The number of ether oxygens (including phenoxy) is 1. The minimum atomic E-state index is 0.514. The van der Waals surface area contributed by atoms with E-state index in [9.17, 15) is 0 Å². The molecule has 0 spiro atoms. The van der Waals surface area contributed by atoms with Crippen LogP contribution in [0.25, 0.3) is 0 Å². The Morgan fingerprint density at radius 2 is 1.95 bits per heavy atom. The van der Waals surface area contributed by atoms with E-state index in [4.69, 9.17) is 4.74 Å². The van der Waals surface area contributed by atoms with E-state index in [0.717, 1.165) is 36.5 Å². The van der Waals surface area contributed by atoms with E-state index in [1.54, 1.807) is 6.20 Å². The Bertz CT molecular complexity index is 523. The number of hydrogen-bond acceptors (Lipinski definition) is 3. The summed E-state index contributed by atoms with van der Waals surface area (Å²) in [6, 6.07) is 12.2. The van der Waals surface area contributed by atoms with Gasteiger partial charge in [-0.25, -0.2) is 0 Å². The monoisotopic (exact) mass is 270 g/mol. The summed E-state index contributed by atoms with van der Waals surface area (Å²) in [6.45, 7) is 6.70. The van der Waals surface area contributed by atoms with Crippen LogP contribution in [0.1, 0.15) is 30.2 Å². The van der Waals surface area contributed by atoms with Gasteiger partial charge in [0.1, 0.15) is 12.4 Å². The van der Waals surface area contributed by atoms with E-state index in [-0.39, 0.29) is 0 Å². The Morgan fingerprint density at radius 3 is 2.65 bits per heavy atom. The van der Waals surface area contributed by atoms with E-state index in [0.29, 0.717) is 6.61 Å². The zero-order chi connectivity index (χ0) is 14.2. The predicted molar refractivity (Wildman–Crippen MR) is 81.7 cm³/mol. The zero-order valence-electron chi connectivity index (χ0n) is 12.2. The van der Waals surface area contributed by atoms with Crippen LogP contribution in [0.2, 0.25) is 0 Å². The van der Waals surface area contributed by atoms with Crippen molar-refractivity contribution in [3.8, 4) is 5.75 Å². The fraction of sp³-hybridized carbons (Fsp3) is 0.353. The molecule has 0 aliphatic carbocycles. The number of aromatic nitrogens is 1. The lowest BCUT2D eigenvalue weighted by atomic mass is 10.2. The first kappa shape index (κ1) is 14.5. The number of aryl methyl sites for hydroxylation is 1. The number of hydrogen-bond donors (Lipinski definition) is 1.